The molecule has 2 aliphatic rings. The average molecular weight is 666 g/mol. The zero-order valence-electron chi connectivity index (χ0n) is 26.4. The highest BCUT2D eigenvalue weighted by atomic mass is 32.2. The highest BCUT2D eigenvalue weighted by Gasteiger charge is 2.33. The molecular formula is C32H36FN7O6S. The lowest BCUT2D eigenvalue weighted by Gasteiger charge is -2.41. The van der Waals surface area contributed by atoms with Crippen LogP contribution in [0.25, 0.3) is 10.9 Å². The summed E-state index contributed by atoms with van der Waals surface area (Å²) in [6.07, 6.45) is 3.00. The monoisotopic (exact) mass is 665 g/mol. The number of pyridine rings is 1. The van der Waals surface area contributed by atoms with Crippen LogP contribution in [0.1, 0.15) is 47.6 Å². The van der Waals surface area contributed by atoms with E-state index in [2.05, 4.69) is 24.9 Å². The topological polar surface area (TPSA) is 159 Å². The molecule has 1 aliphatic heterocycles. The number of methoxy groups -OCH3 is 1. The van der Waals surface area contributed by atoms with Gasteiger partial charge in [-0.15, -0.1) is 0 Å². The van der Waals surface area contributed by atoms with Gasteiger partial charge in [0.05, 0.1) is 29.6 Å². The van der Waals surface area contributed by atoms with Gasteiger partial charge < -0.3 is 24.6 Å². The van der Waals surface area contributed by atoms with Crippen LogP contribution < -0.4 is 25.1 Å². The minimum atomic E-state index is -3.88. The van der Waals surface area contributed by atoms with Crippen molar-refractivity contribution in [2.24, 2.45) is 0 Å². The van der Waals surface area contributed by atoms with Crippen LogP contribution in [-0.2, 0) is 10.0 Å². The molecule has 2 fully saturated rings. The number of fused-ring (bicyclic) bond motifs is 1. The first-order chi connectivity index (χ1) is 22.4. The van der Waals surface area contributed by atoms with Crippen molar-refractivity contribution < 1.29 is 27.4 Å². The highest BCUT2D eigenvalue weighted by molar-refractivity contribution is 7.92. The first kappa shape index (κ1) is 32.2. The Balaban J connectivity index is 1.15. The van der Waals surface area contributed by atoms with E-state index in [-0.39, 0.29) is 39.8 Å². The summed E-state index contributed by atoms with van der Waals surface area (Å²) < 4.78 is 51.5. The summed E-state index contributed by atoms with van der Waals surface area (Å²) in [6, 6.07) is 9.26. The summed E-state index contributed by atoms with van der Waals surface area (Å²) in [7, 11) is -2.45. The summed E-state index contributed by atoms with van der Waals surface area (Å²) in [5, 5.41) is 12.9. The van der Waals surface area contributed by atoms with Crippen molar-refractivity contribution in [1.29, 1.82) is 0 Å². The van der Waals surface area contributed by atoms with E-state index in [9.17, 15) is 23.1 Å². The quantitative estimate of drug-likeness (QED) is 0.225. The number of hydrogen-bond donors (Lipinski definition) is 3. The molecule has 13 nitrogen and oxygen atoms in total. The Bertz CT molecular complexity index is 2010. The molecule has 1 saturated heterocycles. The zero-order chi connectivity index (χ0) is 33.6. The van der Waals surface area contributed by atoms with Gasteiger partial charge >= 0.3 is 5.97 Å². The number of ether oxygens (including phenoxy) is 1. The van der Waals surface area contributed by atoms with Crippen LogP contribution in [-0.4, -0.2) is 78.4 Å². The van der Waals surface area contributed by atoms with Crippen LogP contribution in [0.3, 0.4) is 0 Å². The van der Waals surface area contributed by atoms with Gasteiger partial charge in [-0.1, -0.05) is 0 Å². The lowest BCUT2D eigenvalue weighted by Crippen LogP contribution is -2.53. The Morgan fingerprint density at radius 2 is 1.79 bits per heavy atom. The molecule has 0 spiro atoms. The number of aromatic nitrogens is 3. The number of benzene rings is 2. The molecule has 2 aromatic heterocycles. The van der Waals surface area contributed by atoms with Crippen molar-refractivity contribution in [3.05, 3.63) is 75.6 Å². The molecule has 3 heterocycles. The highest BCUT2D eigenvalue weighted by Crippen LogP contribution is 2.44. The van der Waals surface area contributed by atoms with E-state index in [0.717, 1.165) is 24.6 Å². The van der Waals surface area contributed by atoms with E-state index in [0.29, 0.717) is 43.2 Å². The fraction of sp³-hybridized carbons (Fsp3) is 0.375. The third-order valence-corrected chi connectivity index (χ3v) is 9.86. The minimum Gasteiger partial charge on any atom is -0.492 e. The molecule has 4 aromatic rings. The van der Waals surface area contributed by atoms with Crippen LogP contribution in [0.15, 0.2) is 52.3 Å². The number of halogens is 1. The smallest absolute Gasteiger partial charge is 0.341 e. The molecule has 2 aromatic carbocycles. The molecule has 6 rings (SSSR count). The van der Waals surface area contributed by atoms with Gasteiger partial charge in [-0.3, -0.25) is 9.69 Å². The Morgan fingerprint density at radius 1 is 1.11 bits per heavy atom. The standard InChI is InChI=1S/C32H36FN7O6S/c1-18-13-19(2)36-32(35-18)37-47(44,45)23-9-5-21(6-10-23)34-17-39-12-11-38(15-20(39)3)28-26(33)14-24-27(30(28)46-4)40(22-7-8-22)16-25(29(24)41)31(42)43/h5-6,9-10,13-14,16,20,22,34H,7-8,11-12,15,17H2,1-4H3,(H,42,43)(H,35,36,37). The summed E-state index contributed by atoms with van der Waals surface area (Å²) in [6.45, 7) is 7.52. The number of carbonyl (C=O) groups is 1. The van der Waals surface area contributed by atoms with Crippen LogP contribution in [0, 0.1) is 19.7 Å². The van der Waals surface area contributed by atoms with Gasteiger partial charge in [0.2, 0.25) is 11.4 Å². The van der Waals surface area contributed by atoms with Crippen molar-refractivity contribution in [3.63, 3.8) is 0 Å². The van der Waals surface area contributed by atoms with Crippen molar-refractivity contribution in [3.8, 4) is 5.75 Å². The third kappa shape index (κ3) is 6.45. The molecule has 0 bridgehead atoms. The molecule has 15 heteroatoms. The Kier molecular flexibility index (Phi) is 8.53. The maximum Gasteiger partial charge on any atom is 0.341 e. The van der Waals surface area contributed by atoms with Crippen molar-refractivity contribution in [1.82, 2.24) is 19.4 Å². The third-order valence-electron chi connectivity index (χ3n) is 8.51. The Hall–Kier alpha value is -4.76. The second-order valence-corrected chi connectivity index (χ2v) is 13.7. The van der Waals surface area contributed by atoms with Crippen molar-refractivity contribution >= 4 is 44.2 Å². The molecule has 248 valence electrons. The number of nitrogens with one attached hydrogen (secondary N) is 2. The number of rotatable bonds is 10. The van der Waals surface area contributed by atoms with Gasteiger partial charge in [0.25, 0.3) is 10.0 Å². The molecule has 47 heavy (non-hydrogen) atoms. The van der Waals surface area contributed by atoms with E-state index in [1.54, 1.807) is 36.6 Å². The predicted octanol–water partition coefficient (Wildman–Crippen LogP) is 3.97. The number of aromatic carboxylic acids is 1. The molecular weight excluding hydrogens is 629 g/mol. The zero-order valence-corrected chi connectivity index (χ0v) is 27.3. The van der Waals surface area contributed by atoms with Crippen LogP contribution in [0.2, 0.25) is 0 Å². The Morgan fingerprint density at radius 3 is 2.38 bits per heavy atom. The summed E-state index contributed by atoms with van der Waals surface area (Å²) in [4.78, 5) is 37.3. The SMILES string of the molecule is COc1c(N2CCN(CNc3ccc(S(=O)(=O)Nc4nc(C)cc(C)n4)cc3)C(C)C2)c(F)cc2c(=O)c(C(=O)O)cn(C3CC3)c12. The average Bonchev–Trinajstić information content (AvgIpc) is 3.85. The molecule has 1 aliphatic carbocycles. The second kappa shape index (κ2) is 12.4. The number of piperazine rings is 1. The van der Waals surface area contributed by atoms with E-state index in [1.165, 1.54) is 25.4 Å². The molecule has 1 atom stereocenters. The van der Waals surface area contributed by atoms with E-state index in [4.69, 9.17) is 4.74 Å². The van der Waals surface area contributed by atoms with Gasteiger partial charge in [-0.2, -0.15) is 0 Å². The van der Waals surface area contributed by atoms with E-state index >= 15 is 4.39 Å². The summed E-state index contributed by atoms with van der Waals surface area (Å²) >= 11 is 0. The number of sulfonamides is 1. The van der Waals surface area contributed by atoms with Gasteiger partial charge in [0, 0.05) is 55.0 Å². The molecule has 3 N–H and O–H groups in total. The number of nitrogens with zero attached hydrogens (tertiary/aromatic N) is 5. The predicted molar refractivity (Wildman–Crippen MR) is 176 cm³/mol. The maximum atomic E-state index is 15.8. The van der Waals surface area contributed by atoms with E-state index < -0.39 is 32.8 Å². The second-order valence-electron chi connectivity index (χ2n) is 12.0. The molecule has 0 amide bonds. The number of hydrogen-bond acceptors (Lipinski definition) is 10. The van der Waals surface area contributed by atoms with Crippen LogP contribution >= 0.6 is 0 Å². The lowest BCUT2D eigenvalue weighted by atomic mass is 10.1. The lowest BCUT2D eigenvalue weighted by molar-refractivity contribution is 0.0694. The number of carboxylic acids is 1. The molecule has 0 radical (unpaired) electrons. The minimum absolute atomic E-state index is 0.0148. The van der Waals surface area contributed by atoms with Crippen molar-refractivity contribution in [2.45, 2.75) is 50.6 Å². The first-order valence-electron chi connectivity index (χ1n) is 15.2. The number of carboxylic acid groups (broad SMARTS) is 1. The number of anilines is 3. The van der Waals surface area contributed by atoms with Crippen LogP contribution in [0.4, 0.5) is 21.7 Å². The summed E-state index contributed by atoms with van der Waals surface area (Å²) in [5.41, 5.74) is 1.54. The van der Waals surface area contributed by atoms with Gasteiger partial charge in [0.15, 0.2) is 11.6 Å². The number of aryl methyl sites for hydroxylation is 2. The largest absolute Gasteiger partial charge is 0.492 e. The van der Waals surface area contributed by atoms with Crippen molar-refractivity contribution in [2.75, 3.05) is 48.4 Å². The van der Waals surface area contributed by atoms with Gasteiger partial charge in [0.1, 0.15) is 11.3 Å². The maximum absolute atomic E-state index is 15.8. The first-order valence-corrected chi connectivity index (χ1v) is 16.7. The van der Waals surface area contributed by atoms with Crippen LogP contribution in [0.5, 0.6) is 5.75 Å². The summed E-state index contributed by atoms with van der Waals surface area (Å²) in [5.74, 6) is -1.77. The van der Waals surface area contributed by atoms with E-state index in [1.807, 2.05) is 11.8 Å². The fourth-order valence-electron chi connectivity index (χ4n) is 6.05. The fourth-order valence-corrected chi connectivity index (χ4v) is 7.00. The van der Waals surface area contributed by atoms with Gasteiger partial charge in [-0.25, -0.2) is 32.3 Å². The molecule has 1 saturated carbocycles. The Labute approximate surface area is 271 Å². The molecule has 1 unspecified atom stereocenters. The normalized spacial score (nSPS) is 17.1. The van der Waals surface area contributed by atoms with Gasteiger partial charge in [-0.05, 0) is 70.0 Å².